The number of nitrogens with zero attached hydrogens (tertiary/aromatic N) is 2. The molecule has 2 rings (SSSR count). The summed E-state index contributed by atoms with van der Waals surface area (Å²) in [5.74, 6) is -0.529. The van der Waals surface area contributed by atoms with Gasteiger partial charge in [0.15, 0.2) is 4.90 Å². The first-order chi connectivity index (χ1) is 13.2. The minimum Gasteiger partial charge on any atom is -0.492 e. The number of nitrogens with one attached hydrogen (secondary N) is 1. The minimum absolute atomic E-state index is 0.0153. The molecule has 2 aromatic rings. The normalized spacial score (nSPS) is 12.2. The van der Waals surface area contributed by atoms with Crippen molar-refractivity contribution in [3.8, 4) is 11.8 Å². The van der Waals surface area contributed by atoms with Crippen molar-refractivity contribution in [2.45, 2.75) is 17.4 Å². The molecule has 148 valence electrons. The molecule has 0 aromatic heterocycles. The Morgan fingerprint density at radius 1 is 1.32 bits per heavy atom. The van der Waals surface area contributed by atoms with Gasteiger partial charge in [-0.3, -0.25) is 10.1 Å². The zero-order valence-electron chi connectivity index (χ0n) is 14.5. The molecule has 0 fully saturated rings. The first-order valence-electron chi connectivity index (χ1n) is 8.05. The van der Waals surface area contributed by atoms with E-state index in [0.717, 1.165) is 18.2 Å². The number of nitriles is 1. The van der Waals surface area contributed by atoms with Gasteiger partial charge in [0.25, 0.3) is 5.69 Å². The predicted octanol–water partition coefficient (Wildman–Crippen LogP) is 1.68. The smallest absolute Gasteiger partial charge is 0.289 e. The number of sulfonamides is 1. The Balaban J connectivity index is 1.88. The van der Waals surface area contributed by atoms with Crippen LogP contribution in [-0.4, -0.2) is 32.5 Å². The molecule has 11 heteroatoms. The maximum atomic E-state index is 13.5. The molecule has 0 aliphatic heterocycles. The van der Waals surface area contributed by atoms with Gasteiger partial charge in [0.1, 0.15) is 24.2 Å². The topological polar surface area (TPSA) is 148 Å². The molecule has 0 aliphatic carbocycles. The van der Waals surface area contributed by atoms with E-state index in [4.69, 9.17) is 15.7 Å². The number of ether oxygens (including phenoxy) is 1. The zero-order chi connectivity index (χ0) is 20.7. The van der Waals surface area contributed by atoms with E-state index in [1.807, 2.05) is 0 Å². The van der Waals surface area contributed by atoms with Gasteiger partial charge in [-0.15, -0.1) is 0 Å². The summed E-state index contributed by atoms with van der Waals surface area (Å²) in [6.45, 7) is -0.0841. The Hall–Kier alpha value is -3.07. The van der Waals surface area contributed by atoms with Crippen LogP contribution in [0.4, 0.5) is 10.1 Å². The van der Waals surface area contributed by atoms with Crippen LogP contribution in [0.15, 0.2) is 47.4 Å². The van der Waals surface area contributed by atoms with Crippen molar-refractivity contribution in [2.75, 3.05) is 13.2 Å². The standard InChI is InChI=1S/C17H17FN4O5S/c18-15-9-14(6-5-12(15)10-19)27-11-13(20)7-8-21-28(25,26)17-4-2-1-3-16(17)22(23)24/h1-6,9,13,21H,7-8,11,20H2/t13-/m0/s1. The summed E-state index contributed by atoms with van der Waals surface area (Å²) in [6, 6.07) is 9.87. The second-order valence-corrected chi connectivity index (χ2v) is 7.47. The molecule has 0 spiro atoms. The number of halogens is 1. The van der Waals surface area contributed by atoms with Crippen molar-refractivity contribution in [3.05, 3.63) is 64.0 Å². The van der Waals surface area contributed by atoms with E-state index >= 15 is 0 Å². The lowest BCUT2D eigenvalue weighted by atomic mass is 10.2. The molecule has 0 radical (unpaired) electrons. The summed E-state index contributed by atoms with van der Waals surface area (Å²) in [4.78, 5) is 9.76. The van der Waals surface area contributed by atoms with E-state index in [2.05, 4.69) is 4.72 Å². The SMILES string of the molecule is N#Cc1ccc(OC[C@@H](N)CCNS(=O)(=O)c2ccccc2[N+](=O)[O-])cc1F. The van der Waals surface area contributed by atoms with E-state index in [9.17, 15) is 22.9 Å². The number of benzene rings is 2. The van der Waals surface area contributed by atoms with Crippen molar-refractivity contribution >= 4 is 15.7 Å². The lowest BCUT2D eigenvalue weighted by molar-refractivity contribution is -0.387. The molecule has 1 atom stereocenters. The Labute approximate surface area is 160 Å². The van der Waals surface area contributed by atoms with Crippen LogP contribution in [0.5, 0.6) is 5.75 Å². The summed E-state index contributed by atoms with van der Waals surface area (Å²) in [5, 5.41) is 19.6. The quantitative estimate of drug-likeness (QED) is 0.473. The van der Waals surface area contributed by atoms with Gasteiger partial charge in [-0.25, -0.2) is 17.5 Å². The molecule has 0 bridgehead atoms. The molecule has 0 amide bonds. The van der Waals surface area contributed by atoms with Gasteiger partial charge >= 0.3 is 0 Å². The fraction of sp³-hybridized carbons (Fsp3) is 0.235. The number of rotatable bonds is 9. The fourth-order valence-electron chi connectivity index (χ4n) is 2.25. The fourth-order valence-corrected chi connectivity index (χ4v) is 3.47. The molecular formula is C17H17FN4O5S. The summed E-state index contributed by atoms with van der Waals surface area (Å²) in [7, 11) is -4.08. The van der Waals surface area contributed by atoms with Crippen LogP contribution in [0.1, 0.15) is 12.0 Å². The molecule has 28 heavy (non-hydrogen) atoms. The summed E-state index contributed by atoms with van der Waals surface area (Å²) >= 11 is 0. The summed E-state index contributed by atoms with van der Waals surface area (Å²) in [5.41, 5.74) is 5.21. The van der Waals surface area contributed by atoms with E-state index < -0.39 is 37.4 Å². The third-order valence-electron chi connectivity index (χ3n) is 3.68. The van der Waals surface area contributed by atoms with Gasteiger partial charge in [-0.05, 0) is 24.6 Å². The minimum atomic E-state index is -4.08. The van der Waals surface area contributed by atoms with Crippen molar-refractivity contribution in [1.82, 2.24) is 4.72 Å². The molecule has 3 N–H and O–H groups in total. The highest BCUT2D eigenvalue weighted by Crippen LogP contribution is 2.22. The number of nitro groups is 1. The third-order valence-corrected chi connectivity index (χ3v) is 5.19. The van der Waals surface area contributed by atoms with Gasteiger partial charge in [0.05, 0.1) is 10.5 Å². The molecule has 2 aromatic carbocycles. The van der Waals surface area contributed by atoms with Crippen molar-refractivity contribution in [2.24, 2.45) is 5.73 Å². The Bertz CT molecular complexity index is 1010. The van der Waals surface area contributed by atoms with Crippen LogP contribution in [0.25, 0.3) is 0 Å². The number of para-hydroxylation sites is 1. The van der Waals surface area contributed by atoms with Crippen LogP contribution in [-0.2, 0) is 10.0 Å². The molecule has 0 saturated carbocycles. The second kappa shape index (κ2) is 9.23. The second-order valence-electron chi connectivity index (χ2n) is 5.74. The highest BCUT2D eigenvalue weighted by molar-refractivity contribution is 7.89. The predicted molar refractivity (Wildman–Crippen MR) is 97.5 cm³/mol. The zero-order valence-corrected chi connectivity index (χ0v) is 15.4. The molecular weight excluding hydrogens is 391 g/mol. The monoisotopic (exact) mass is 408 g/mol. The summed E-state index contributed by atoms with van der Waals surface area (Å²) < 4.78 is 45.6. The molecule has 0 unspecified atom stereocenters. The largest absolute Gasteiger partial charge is 0.492 e. The number of hydrogen-bond donors (Lipinski definition) is 2. The molecule has 0 aliphatic rings. The van der Waals surface area contributed by atoms with Crippen LogP contribution >= 0.6 is 0 Å². The van der Waals surface area contributed by atoms with Crippen molar-refractivity contribution < 1.29 is 22.5 Å². The molecule has 0 saturated heterocycles. The van der Waals surface area contributed by atoms with Crippen LogP contribution in [0.3, 0.4) is 0 Å². The van der Waals surface area contributed by atoms with E-state index in [0.29, 0.717) is 0 Å². The maximum absolute atomic E-state index is 13.5. The van der Waals surface area contributed by atoms with Gasteiger partial charge in [-0.2, -0.15) is 5.26 Å². The Morgan fingerprint density at radius 2 is 2.04 bits per heavy atom. The van der Waals surface area contributed by atoms with Gasteiger partial charge in [0, 0.05) is 24.7 Å². The first-order valence-corrected chi connectivity index (χ1v) is 9.54. The number of hydrogen-bond acceptors (Lipinski definition) is 7. The average Bonchev–Trinajstić information content (AvgIpc) is 2.66. The average molecular weight is 408 g/mol. The Morgan fingerprint density at radius 3 is 2.68 bits per heavy atom. The first kappa shape index (κ1) is 21.2. The third kappa shape index (κ3) is 5.46. The van der Waals surface area contributed by atoms with E-state index in [1.165, 1.54) is 24.3 Å². The van der Waals surface area contributed by atoms with E-state index in [1.54, 1.807) is 6.07 Å². The maximum Gasteiger partial charge on any atom is 0.289 e. The van der Waals surface area contributed by atoms with E-state index in [-0.39, 0.29) is 30.9 Å². The van der Waals surface area contributed by atoms with Crippen molar-refractivity contribution in [1.29, 1.82) is 5.26 Å². The van der Waals surface area contributed by atoms with Crippen molar-refractivity contribution in [3.63, 3.8) is 0 Å². The van der Waals surface area contributed by atoms with Crippen LogP contribution in [0.2, 0.25) is 0 Å². The summed E-state index contributed by atoms with van der Waals surface area (Å²) in [6.07, 6.45) is 0.179. The van der Waals surface area contributed by atoms with Gasteiger partial charge < -0.3 is 10.5 Å². The Kier molecular flexibility index (Phi) is 7.00. The highest BCUT2D eigenvalue weighted by atomic mass is 32.2. The number of nitrogens with two attached hydrogens (primary N) is 1. The number of nitro benzene ring substituents is 1. The van der Waals surface area contributed by atoms with Crippen LogP contribution < -0.4 is 15.2 Å². The molecule has 0 heterocycles. The molecule has 9 nitrogen and oxygen atoms in total. The van der Waals surface area contributed by atoms with Gasteiger partial charge in [0.2, 0.25) is 10.0 Å². The van der Waals surface area contributed by atoms with Gasteiger partial charge in [-0.1, -0.05) is 12.1 Å². The van der Waals surface area contributed by atoms with Crippen LogP contribution in [0, 0.1) is 27.3 Å². The lowest BCUT2D eigenvalue weighted by Crippen LogP contribution is -2.34. The lowest BCUT2D eigenvalue weighted by Gasteiger charge is -2.14. The highest BCUT2D eigenvalue weighted by Gasteiger charge is 2.24.